The maximum atomic E-state index is 12.6. The predicted octanol–water partition coefficient (Wildman–Crippen LogP) is 2.65. The zero-order chi connectivity index (χ0) is 15.4. The molecule has 1 atom stereocenters. The van der Waals surface area contributed by atoms with Crippen LogP contribution in [0.1, 0.15) is 43.5 Å². The third-order valence-corrected chi connectivity index (χ3v) is 4.61. The fraction of sp³-hybridized carbons (Fsp3) is 0.643. The molecule has 1 N–H and O–H groups in total. The van der Waals surface area contributed by atoms with Crippen molar-refractivity contribution in [3.8, 4) is 0 Å². The average molecular weight is 311 g/mol. The van der Waals surface area contributed by atoms with Gasteiger partial charge in [0.15, 0.2) is 0 Å². The first-order valence-electron chi connectivity index (χ1n) is 7.26. The van der Waals surface area contributed by atoms with Gasteiger partial charge in [-0.1, -0.05) is 17.8 Å². The fourth-order valence-corrected chi connectivity index (χ4v) is 3.24. The molecule has 7 heteroatoms. The molecule has 6 nitrogen and oxygen atoms in total. The van der Waals surface area contributed by atoms with Crippen molar-refractivity contribution < 1.29 is 9.72 Å². The molecule has 1 saturated heterocycles. The lowest BCUT2D eigenvalue weighted by Gasteiger charge is -2.33. The first kappa shape index (κ1) is 15.9. The Balaban J connectivity index is 2.08. The molecule has 0 spiro atoms. The van der Waals surface area contributed by atoms with Crippen molar-refractivity contribution >= 4 is 22.2 Å². The summed E-state index contributed by atoms with van der Waals surface area (Å²) in [7, 11) is 0. The van der Waals surface area contributed by atoms with Gasteiger partial charge in [0, 0.05) is 30.1 Å². The number of nitrogens with zero attached hydrogens (tertiary/aromatic N) is 2. The molecule has 21 heavy (non-hydrogen) atoms. The Kier molecular flexibility index (Phi) is 5.30. The van der Waals surface area contributed by atoms with E-state index in [0.29, 0.717) is 18.2 Å². The van der Waals surface area contributed by atoms with Crippen LogP contribution in [0.4, 0.5) is 5.00 Å². The highest BCUT2D eigenvalue weighted by Crippen LogP contribution is 2.24. The number of rotatable bonds is 5. The first-order valence-corrected chi connectivity index (χ1v) is 8.14. The fourth-order valence-electron chi connectivity index (χ4n) is 2.54. The van der Waals surface area contributed by atoms with E-state index < -0.39 is 4.92 Å². The molecule has 0 aliphatic carbocycles. The van der Waals surface area contributed by atoms with E-state index in [4.69, 9.17) is 0 Å². The highest BCUT2D eigenvalue weighted by molar-refractivity contribution is 7.13. The number of nitrogens with one attached hydrogen (secondary N) is 1. The smallest absolute Gasteiger partial charge is 0.324 e. The second kappa shape index (κ2) is 7.00. The maximum Gasteiger partial charge on any atom is 0.324 e. The molecule has 2 heterocycles. The van der Waals surface area contributed by atoms with Crippen molar-refractivity contribution in [1.82, 2.24) is 10.2 Å². The third-order valence-electron chi connectivity index (χ3n) is 3.73. The van der Waals surface area contributed by atoms with Crippen LogP contribution in [0.3, 0.4) is 0 Å². The number of hydrogen-bond donors (Lipinski definition) is 1. The molecule has 1 amide bonds. The zero-order valence-corrected chi connectivity index (χ0v) is 13.2. The molecule has 1 fully saturated rings. The summed E-state index contributed by atoms with van der Waals surface area (Å²) in [6.07, 6.45) is 3.44. The molecular weight excluding hydrogens is 290 g/mol. The molecule has 2 rings (SSSR count). The van der Waals surface area contributed by atoms with Crippen LogP contribution in [0.5, 0.6) is 0 Å². The number of carbonyl (C=O) groups is 1. The van der Waals surface area contributed by atoms with Crippen molar-refractivity contribution in [2.45, 2.75) is 45.2 Å². The Bertz CT molecular complexity index is 509. The van der Waals surface area contributed by atoms with Gasteiger partial charge in [0.25, 0.3) is 5.91 Å². The SMILES string of the molecule is CC(C)N(CC1CCCCN1)C(=O)c1csc([N+](=O)[O-])c1. The van der Waals surface area contributed by atoms with Gasteiger partial charge in [-0.25, -0.2) is 0 Å². The van der Waals surface area contributed by atoms with Gasteiger partial charge < -0.3 is 10.2 Å². The van der Waals surface area contributed by atoms with E-state index in [2.05, 4.69) is 5.32 Å². The molecule has 0 aromatic carbocycles. The van der Waals surface area contributed by atoms with Gasteiger partial charge in [0.05, 0.1) is 10.5 Å². The van der Waals surface area contributed by atoms with Crippen LogP contribution in [0, 0.1) is 10.1 Å². The van der Waals surface area contributed by atoms with Crippen molar-refractivity contribution in [3.63, 3.8) is 0 Å². The molecule has 1 aromatic heterocycles. The van der Waals surface area contributed by atoms with Crippen LogP contribution >= 0.6 is 11.3 Å². The lowest BCUT2D eigenvalue weighted by atomic mass is 10.0. The van der Waals surface area contributed by atoms with Crippen molar-refractivity contribution in [3.05, 3.63) is 27.1 Å². The highest BCUT2D eigenvalue weighted by Gasteiger charge is 2.25. The molecule has 0 radical (unpaired) electrons. The Hall–Kier alpha value is -1.47. The Morgan fingerprint density at radius 1 is 1.57 bits per heavy atom. The quantitative estimate of drug-likeness (QED) is 0.670. The summed E-state index contributed by atoms with van der Waals surface area (Å²) in [5, 5.41) is 15.8. The van der Waals surface area contributed by atoms with Crippen LogP contribution in [0.2, 0.25) is 0 Å². The van der Waals surface area contributed by atoms with Crippen LogP contribution in [-0.4, -0.2) is 40.9 Å². The van der Waals surface area contributed by atoms with Gasteiger partial charge in [-0.05, 0) is 33.2 Å². The average Bonchev–Trinajstić information content (AvgIpc) is 2.95. The topological polar surface area (TPSA) is 75.5 Å². The van der Waals surface area contributed by atoms with Crippen molar-refractivity contribution in [2.24, 2.45) is 0 Å². The second-order valence-electron chi connectivity index (χ2n) is 5.63. The number of nitro groups is 1. The Morgan fingerprint density at radius 2 is 2.33 bits per heavy atom. The van der Waals surface area contributed by atoms with E-state index in [1.165, 1.54) is 18.9 Å². The minimum absolute atomic E-state index is 0.0119. The summed E-state index contributed by atoms with van der Waals surface area (Å²) in [5.41, 5.74) is 0.413. The molecule has 1 aliphatic heterocycles. The highest BCUT2D eigenvalue weighted by atomic mass is 32.1. The summed E-state index contributed by atoms with van der Waals surface area (Å²) in [4.78, 5) is 24.7. The summed E-state index contributed by atoms with van der Waals surface area (Å²) in [6, 6.07) is 1.76. The molecule has 1 aliphatic rings. The van der Waals surface area contributed by atoms with Gasteiger partial charge in [0.2, 0.25) is 0 Å². The Labute approximate surface area is 128 Å². The van der Waals surface area contributed by atoms with Crippen molar-refractivity contribution in [2.75, 3.05) is 13.1 Å². The number of piperidine rings is 1. The monoisotopic (exact) mass is 311 g/mol. The van der Waals surface area contributed by atoms with E-state index in [9.17, 15) is 14.9 Å². The lowest BCUT2D eigenvalue weighted by Crippen LogP contribution is -2.48. The van der Waals surface area contributed by atoms with Gasteiger partial charge in [-0.2, -0.15) is 0 Å². The van der Waals surface area contributed by atoms with E-state index in [-0.39, 0.29) is 17.0 Å². The molecular formula is C14H21N3O3S. The summed E-state index contributed by atoms with van der Waals surface area (Å²) in [6.45, 7) is 5.60. The molecule has 1 unspecified atom stereocenters. The summed E-state index contributed by atoms with van der Waals surface area (Å²) in [5.74, 6) is -0.123. The standard InChI is InChI=1S/C14H21N3O3S/c1-10(2)16(8-12-5-3-4-6-15-12)14(18)11-7-13(17(19)20)21-9-11/h7,9-10,12,15H,3-6,8H2,1-2H3. The molecule has 1 aromatic rings. The van der Waals surface area contributed by atoms with E-state index in [0.717, 1.165) is 24.3 Å². The minimum atomic E-state index is -0.455. The first-order chi connectivity index (χ1) is 9.99. The summed E-state index contributed by atoms with van der Waals surface area (Å²) >= 11 is 0.999. The number of hydrogen-bond acceptors (Lipinski definition) is 5. The largest absolute Gasteiger partial charge is 0.335 e. The number of carbonyl (C=O) groups excluding carboxylic acids is 1. The van der Waals surface area contributed by atoms with E-state index in [1.54, 1.807) is 10.3 Å². The Morgan fingerprint density at radius 3 is 2.86 bits per heavy atom. The summed E-state index contributed by atoms with van der Waals surface area (Å²) < 4.78 is 0. The van der Waals surface area contributed by atoms with Crippen LogP contribution in [-0.2, 0) is 0 Å². The normalized spacial score (nSPS) is 18.7. The molecule has 0 bridgehead atoms. The van der Waals surface area contributed by atoms with Gasteiger partial charge in [-0.3, -0.25) is 14.9 Å². The van der Waals surface area contributed by atoms with Crippen LogP contribution in [0.25, 0.3) is 0 Å². The van der Waals surface area contributed by atoms with Crippen molar-refractivity contribution in [1.29, 1.82) is 0 Å². The van der Waals surface area contributed by atoms with E-state index >= 15 is 0 Å². The zero-order valence-electron chi connectivity index (χ0n) is 12.4. The van der Waals surface area contributed by atoms with Crippen LogP contribution < -0.4 is 5.32 Å². The number of amides is 1. The lowest BCUT2D eigenvalue weighted by molar-refractivity contribution is -0.380. The van der Waals surface area contributed by atoms with Gasteiger partial charge in [-0.15, -0.1) is 0 Å². The van der Waals surface area contributed by atoms with Crippen LogP contribution in [0.15, 0.2) is 11.4 Å². The van der Waals surface area contributed by atoms with Gasteiger partial charge in [0.1, 0.15) is 0 Å². The third kappa shape index (κ3) is 4.01. The number of thiophene rings is 1. The molecule has 116 valence electrons. The minimum Gasteiger partial charge on any atom is -0.335 e. The predicted molar refractivity (Wildman–Crippen MR) is 82.8 cm³/mol. The maximum absolute atomic E-state index is 12.6. The molecule has 0 saturated carbocycles. The second-order valence-corrected chi connectivity index (χ2v) is 6.52. The van der Waals surface area contributed by atoms with E-state index in [1.807, 2.05) is 13.8 Å². The van der Waals surface area contributed by atoms with Gasteiger partial charge >= 0.3 is 5.00 Å².